The van der Waals surface area contributed by atoms with Gasteiger partial charge in [0.1, 0.15) is 11.3 Å². The van der Waals surface area contributed by atoms with E-state index in [1.165, 1.54) is 6.07 Å². The topological polar surface area (TPSA) is 102 Å². The third-order valence-corrected chi connectivity index (χ3v) is 8.01. The molecule has 3 aliphatic rings. The molecular weight excluding hydrogens is 458 g/mol. The number of Topliss-reactive ketones (excluding diaryl/α,β-unsaturated/α-hetero) is 1. The molecule has 1 spiro atoms. The predicted molar refractivity (Wildman–Crippen MR) is 133 cm³/mol. The molecule has 3 unspecified atom stereocenters. The van der Waals surface area contributed by atoms with Crippen LogP contribution in [0.1, 0.15) is 40.2 Å². The molecule has 0 radical (unpaired) electrons. The number of carbonyl (C=O) groups is 2. The number of nitro groups is 1. The molecule has 2 fully saturated rings. The Labute approximate surface area is 208 Å². The van der Waals surface area contributed by atoms with Crippen LogP contribution in [0.25, 0.3) is 0 Å². The molecule has 0 bridgehead atoms. The largest absolute Gasteiger partial charge is 0.497 e. The highest BCUT2D eigenvalue weighted by Crippen LogP contribution is 2.61. The van der Waals surface area contributed by atoms with Gasteiger partial charge >= 0.3 is 0 Å². The maximum absolute atomic E-state index is 14.5. The van der Waals surface area contributed by atoms with Crippen LogP contribution in [0.15, 0.2) is 72.8 Å². The third kappa shape index (κ3) is 3.04. The summed E-state index contributed by atoms with van der Waals surface area (Å²) in [4.78, 5) is 41.8. The van der Waals surface area contributed by atoms with Gasteiger partial charge in [-0.3, -0.25) is 24.6 Å². The van der Waals surface area contributed by atoms with E-state index in [0.29, 0.717) is 29.1 Å². The molecule has 2 saturated heterocycles. The van der Waals surface area contributed by atoms with E-state index in [9.17, 15) is 19.7 Å². The Bertz CT molecular complexity index is 1410. The van der Waals surface area contributed by atoms with E-state index in [1.807, 2.05) is 30.3 Å². The number of hydrogen-bond acceptors (Lipinski definition) is 6. The van der Waals surface area contributed by atoms with Gasteiger partial charge in [0.15, 0.2) is 5.78 Å². The van der Waals surface area contributed by atoms with Crippen LogP contribution in [0, 0.1) is 16.0 Å². The number of rotatable bonds is 5. The van der Waals surface area contributed by atoms with E-state index >= 15 is 0 Å². The second kappa shape index (κ2) is 8.27. The molecule has 6 rings (SSSR count). The number of nitrogens with one attached hydrogen (secondary N) is 1. The molecule has 182 valence electrons. The Morgan fingerprint density at radius 3 is 2.72 bits per heavy atom. The van der Waals surface area contributed by atoms with Crippen LogP contribution in [0.5, 0.6) is 5.75 Å². The van der Waals surface area contributed by atoms with Crippen LogP contribution in [0.3, 0.4) is 0 Å². The number of methoxy groups -OCH3 is 1. The van der Waals surface area contributed by atoms with E-state index in [4.69, 9.17) is 4.74 Å². The van der Waals surface area contributed by atoms with Crippen LogP contribution in [-0.2, 0) is 10.3 Å². The van der Waals surface area contributed by atoms with Gasteiger partial charge in [-0.25, -0.2) is 0 Å². The predicted octanol–water partition coefficient (Wildman–Crippen LogP) is 4.51. The second-order valence-corrected chi connectivity index (χ2v) is 9.62. The number of non-ortho nitro benzene ring substituents is 1. The maximum atomic E-state index is 14.5. The summed E-state index contributed by atoms with van der Waals surface area (Å²) in [7, 11) is 1.54. The first-order chi connectivity index (χ1) is 17.5. The zero-order valence-electron chi connectivity index (χ0n) is 19.7. The van der Waals surface area contributed by atoms with Gasteiger partial charge in [-0.05, 0) is 43.1 Å². The lowest BCUT2D eigenvalue weighted by molar-refractivity contribution is -0.384. The molecular formula is C28H25N3O5. The first-order valence-electron chi connectivity index (χ1n) is 12.1. The number of carbonyl (C=O) groups excluding carboxylic acids is 2. The average Bonchev–Trinajstić information content (AvgIpc) is 3.56. The van der Waals surface area contributed by atoms with Crippen LogP contribution >= 0.6 is 0 Å². The molecule has 36 heavy (non-hydrogen) atoms. The molecule has 0 saturated carbocycles. The molecule has 3 aromatic carbocycles. The molecule has 3 heterocycles. The zero-order valence-corrected chi connectivity index (χ0v) is 19.7. The summed E-state index contributed by atoms with van der Waals surface area (Å²) in [5.74, 6) is -1.02. The minimum atomic E-state index is -1.20. The number of para-hydroxylation sites is 1. The highest BCUT2D eigenvalue weighted by atomic mass is 16.6. The molecule has 1 N–H and O–H groups in total. The summed E-state index contributed by atoms with van der Waals surface area (Å²) >= 11 is 0. The number of nitro benzene ring substituents is 1. The fraction of sp³-hybridized carbons (Fsp3) is 0.286. The van der Waals surface area contributed by atoms with Crippen molar-refractivity contribution in [2.45, 2.75) is 30.3 Å². The van der Waals surface area contributed by atoms with Crippen LogP contribution in [0.2, 0.25) is 0 Å². The van der Waals surface area contributed by atoms with Crippen molar-refractivity contribution in [2.75, 3.05) is 19.0 Å². The lowest BCUT2D eigenvalue weighted by Crippen LogP contribution is -2.52. The van der Waals surface area contributed by atoms with Gasteiger partial charge in [0.05, 0.1) is 18.0 Å². The van der Waals surface area contributed by atoms with Gasteiger partial charge in [-0.15, -0.1) is 0 Å². The van der Waals surface area contributed by atoms with E-state index < -0.39 is 22.3 Å². The minimum absolute atomic E-state index is 0.0261. The Morgan fingerprint density at radius 1 is 1.11 bits per heavy atom. The lowest BCUT2D eigenvalue weighted by Gasteiger charge is -2.36. The number of amides is 1. The van der Waals surface area contributed by atoms with E-state index in [2.05, 4.69) is 10.2 Å². The molecule has 3 aromatic rings. The van der Waals surface area contributed by atoms with Gasteiger partial charge in [-0.1, -0.05) is 42.5 Å². The van der Waals surface area contributed by atoms with Crippen molar-refractivity contribution in [3.05, 3.63) is 99.6 Å². The van der Waals surface area contributed by atoms with E-state index in [0.717, 1.165) is 18.4 Å². The fourth-order valence-electron chi connectivity index (χ4n) is 6.69. The first-order valence-corrected chi connectivity index (χ1v) is 12.1. The van der Waals surface area contributed by atoms with Crippen LogP contribution < -0.4 is 10.1 Å². The number of anilines is 1. The second-order valence-electron chi connectivity index (χ2n) is 9.62. The highest BCUT2D eigenvalue weighted by molar-refractivity contribution is 6.12. The van der Waals surface area contributed by atoms with Crippen molar-refractivity contribution in [2.24, 2.45) is 5.92 Å². The molecule has 3 aliphatic heterocycles. The molecule has 1 amide bonds. The third-order valence-electron chi connectivity index (χ3n) is 8.01. The van der Waals surface area contributed by atoms with Crippen molar-refractivity contribution in [3.8, 4) is 5.75 Å². The maximum Gasteiger partial charge on any atom is 0.269 e. The van der Waals surface area contributed by atoms with Gasteiger partial charge in [0.25, 0.3) is 5.69 Å². The molecule has 0 aliphatic carbocycles. The Balaban J connectivity index is 1.61. The normalized spacial score (nSPS) is 26.5. The average molecular weight is 484 g/mol. The Morgan fingerprint density at radius 2 is 1.92 bits per heavy atom. The molecule has 8 nitrogen and oxygen atoms in total. The standard InChI is InChI=1S/C28H25N3O5/c1-36-20-10-5-8-18(16-20)26(32)25-24(17-7-4-9-19(15-17)31(34)35)23-13-6-14-30(23)28(25)21-11-2-3-12-22(21)29-27(28)33/h2-5,7-12,15-16,23-25H,6,13-14H2,1H3,(H,29,33)/t23?,24?,25?,28-/m1/s1. The lowest BCUT2D eigenvalue weighted by atomic mass is 9.68. The SMILES string of the molecule is COc1cccc(C(=O)C2C(c3cccc([N+](=O)[O-])c3)C3CCCN3[C@@]23C(=O)Nc2ccccc23)c1. The summed E-state index contributed by atoms with van der Waals surface area (Å²) in [5, 5.41) is 14.7. The number of nitrogens with zero attached hydrogens (tertiary/aromatic N) is 2. The first kappa shape index (κ1) is 22.4. The van der Waals surface area contributed by atoms with Gasteiger partial charge < -0.3 is 10.1 Å². The van der Waals surface area contributed by atoms with Crippen molar-refractivity contribution in [3.63, 3.8) is 0 Å². The van der Waals surface area contributed by atoms with Crippen molar-refractivity contribution in [1.82, 2.24) is 4.90 Å². The number of ketones is 1. The summed E-state index contributed by atoms with van der Waals surface area (Å²) < 4.78 is 5.37. The van der Waals surface area contributed by atoms with Crippen molar-refractivity contribution >= 4 is 23.1 Å². The van der Waals surface area contributed by atoms with Crippen molar-refractivity contribution in [1.29, 1.82) is 0 Å². The summed E-state index contributed by atoms with van der Waals surface area (Å²) in [6.45, 7) is 0.666. The van der Waals surface area contributed by atoms with Crippen molar-refractivity contribution < 1.29 is 19.2 Å². The van der Waals surface area contributed by atoms with Crippen LogP contribution in [0.4, 0.5) is 11.4 Å². The molecule has 4 atom stereocenters. The number of ether oxygens (including phenoxy) is 1. The number of fused-ring (bicyclic) bond motifs is 4. The number of benzene rings is 3. The summed E-state index contributed by atoms with van der Waals surface area (Å²) in [6.07, 6.45) is 1.68. The van der Waals surface area contributed by atoms with Gasteiger partial charge in [-0.2, -0.15) is 0 Å². The Kier molecular flexibility index (Phi) is 5.15. The quantitative estimate of drug-likeness (QED) is 0.325. The smallest absolute Gasteiger partial charge is 0.269 e. The highest BCUT2D eigenvalue weighted by Gasteiger charge is 2.69. The minimum Gasteiger partial charge on any atom is -0.497 e. The van der Waals surface area contributed by atoms with Gasteiger partial charge in [0, 0.05) is 40.9 Å². The van der Waals surface area contributed by atoms with E-state index in [-0.39, 0.29) is 23.4 Å². The summed E-state index contributed by atoms with van der Waals surface area (Å²) in [5.41, 5.74) is 1.42. The molecule has 8 heteroatoms. The van der Waals surface area contributed by atoms with Gasteiger partial charge in [0.2, 0.25) is 5.91 Å². The fourth-order valence-corrected chi connectivity index (χ4v) is 6.69. The van der Waals surface area contributed by atoms with Crippen LogP contribution in [-0.4, -0.2) is 41.2 Å². The Hall–Kier alpha value is -4.04. The van der Waals surface area contributed by atoms with E-state index in [1.54, 1.807) is 43.5 Å². The molecule has 0 aromatic heterocycles. The number of hydrogen-bond donors (Lipinski definition) is 1. The zero-order chi connectivity index (χ0) is 25.0. The summed E-state index contributed by atoms with van der Waals surface area (Å²) in [6, 6.07) is 20.9. The monoisotopic (exact) mass is 483 g/mol.